The molecule has 14 heteroatoms. The highest BCUT2D eigenvalue weighted by Gasteiger charge is 2.54. The molecule has 0 radical (unpaired) electrons. The van der Waals surface area contributed by atoms with Crippen molar-refractivity contribution in [2.75, 3.05) is 32.1 Å². The van der Waals surface area contributed by atoms with E-state index in [0.717, 1.165) is 54.7 Å². The summed E-state index contributed by atoms with van der Waals surface area (Å²) < 4.78 is 35.9. The van der Waals surface area contributed by atoms with E-state index in [-0.39, 0.29) is 30.7 Å². The summed E-state index contributed by atoms with van der Waals surface area (Å²) in [7, 11) is -3.07. The number of nitrogens with one attached hydrogen (secondary N) is 1. The standard InChI is InChI=1S/C43H57ClN3O9P/c1-28(27-53-37-15-20-45-36-12-7-9-29(2)38(36)37)23-31-24-30-13-14-34(56-57(51,52)54-22-21-47(6)40(50)55-41(3,4)5)26-35(30)42(31)16-18-43(19-17-42,39(48)49)46-33-11-8-10-32(44)25-33/h8,10-11,13-15,20,25-26,28-29,31,46H,7,9,12,16-19,21-24,27H2,1-6H3,(H,48,49)(H,51,52)/t28-,29-,31+,42?,43?/m1/s1. The van der Waals surface area contributed by atoms with Crippen molar-refractivity contribution in [3.8, 4) is 11.5 Å². The van der Waals surface area contributed by atoms with Gasteiger partial charge in [0.15, 0.2) is 0 Å². The molecule has 2 aromatic carbocycles. The molecule has 1 spiro atoms. The van der Waals surface area contributed by atoms with E-state index in [4.69, 9.17) is 30.1 Å². The zero-order chi connectivity index (χ0) is 41.2. The van der Waals surface area contributed by atoms with Gasteiger partial charge in [-0.05, 0) is 149 Å². The number of anilines is 1. The van der Waals surface area contributed by atoms with Gasteiger partial charge in [0.25, 0.3) is 0 Å². The van der Waals surface area contributed by atoms with E-state index in [9.17, 15) is 24.2 Å². The van der Waals surface area contributed by atoms with Crippen LogP contribution < -0.4 is 14.6 Å². The molecule has 0 aliphatic heterocycles. The molecule has 1 amide bonds. The Morgan fingerprint density at radius 1 is 1.12 bits per heavy atom. The largest absolute Gasteiger partial charge is 0.527 e. The fourth-order valence-corrected chi connectivity index (χ4v) is 9.95. The number of ether oxygens (including phenoxy) is 2. The van der Waals surface area contributed by atoms with E-state index in [1.807, 2.05) is 30.5 Å². The van der Waals surface area contributed by atoms with Crippen molar-refractivity contribution >= 4 is 37.2 Å². The van der Waals surface area contributed by atoms with Gasteiger partial charge in [-0.1, -0.05) is 37.6 Å². The summed E-state index contributed by atoms with van der Waals surface area (Å²) >= 11 is 6.27. The van der Waals surface area contributed by atoms with E-state index in [0.29, 0.717) is 48.9 Å². The third-order valence-corrected chi connectivity index (χ3v) is 13.1. The number of carboxylic acids is 1. The van der Waals surface area contributed by atoms with Crippen molar-refractivity contribution in [3.05, 3.63) is 82.1 Å². The van der Waals surface area contributed by atoms with Crippen LogP contribution in [0, 0.1) is 11.8 Å². The van der Waals surface area contributed by atoms with Crippen LogP contribution in [0.3, 0.4) is 0 Å². The molecule has 310 valence electrons. The molecule has 0 bridgehead atoms. The molecule has 3 aliphatic rings. The van der Waals surface area contributed by atoms with Gasteiger partial charge in [-0.25, -0.2) is 14.2 Å². The first-order chi connectivity index (χ1) is 26.9. The third-order valence-electron chi connectivity index (χ3n) is 11.9. The Balaban J connectivity index is 1.20. The van der Waals surface area contributed by atoms with Crippen LogP contribution in [0.15, 0.2) is 54.7 Å². The monoisotopic (exact) mass is 825 g/mol. The molecular weight excluding hydrogens is 769 g/mol. The van der Waals surface area contributed by atoms with Gasteiger partial charge in [-0.2, -0.15) is 0 Å². The Kier molecular flexibility index (Phi) is 12.9. The predicted molar refractivity (Wildman–Crippen MR) is 219 cm³/mol. The van der Waals surface area contributed by atoms with Crippen molar-refractivity contribution in [3.63, 3.8) is 0 Å². The van der Waals surface area contributed by atoms with E-state index < -0.39 is 36.4 Å². The molecule has 12 nitrogen and oxygen atoms in total. The predicted octanol–water partition coefficient (Wildman–Crippen LogP) is 9.56. The van der Waals surface area contributed by atoms with Crippen molar-refractivity contribution < 1.29 is 42.7 Å². The Morgan fingerprint density at radius 2 is 1.88 bits per heavy atom. The van der Waals surface area contributed by atoms with E-state index >= 15 is 0 Å². The molecule has 57 heavy (non-hydrogen) atoms. The molecule has 0 saturated heterocycles. The molecule has 3 N–H and O–H groups in total. The van der Waals surface area contributed by atoms with Gasteiger partial charge >= 0.3 is 19.9 Å². The summed E-state index contributed by atoms with van der Waals surface area (Å²) in [4.78, 5) is 42.0. The first kappa shape index (κ1) is 42.8. The quantitative estimate of drug-likeness (QED) is 0.133. The number of carboxylic acid groups (broad SMARTS) is 1. The number of rotatable bonds is 14. The maximum Gasteiger partial charge on any atom is 0.527 e. The Labute approximate surface area is 341 Å². The van der Waals surface area contributed by atoms with Gasteiger partial charge in [0, 0.05) is 41.8 Å². The highest BCUT2D eigenvalue weighted by molar-refractivity contribution is 7.47. The molecule has 3 aromatic rings. The van der Waals surface area contributed by atoms with Gasteiger partial charge in [0.2, 0.25) is 0 Å². The van der Waals surface area contributed by atoms with Gasteiger partial charge < -0.3 is 29.3 Å². The average molecular weight is 826 g/mol. The number of carbonyl (C=O) groups is 2. The van der Waals surface area contributed by atoms with Crippen LogP contribution in [-0.4, -0.2) is 69.9 Å². The van der Waals surface area contributed by atoms with Crippen LogP contribution in [0.2, 0.25) is 5.02 Å². The number of fused-ring (bicyclic) bond motifs is 3. The number of hydrogen-bond donors (Lipinski definition) is 3. The zero-order valence-corrected chi connectivity index (χ0v) is 35.5. The minimum atomic E-state index is -4.58. The Hall–Kier alpha value is -3.83. The Bertz CT molecular complexity index is 1980. The fourth-order valence-electron chi connectivity index (χ4n) is 9.02. The second kappa shape index (κ2) is 17.2. The summed E-state index contributed by atoms with van der Waals surface area (Å²) in [6.45, 7) is 10.0. The van der Waals surface area contributed by atoms with Crippen molar-refractivity contribution in [1.82, 2.24) is 9.88 Å². The SMILES string of the molecule is C[C@@H](COc1ccnc2c1[C@H](C)CCC2)C[C@H]1Cc2ccc(OP(=O)(O)OCCN(C)C(=O)OC(C)(C)C)cc2C12CCC(Nc1cccc(Cl)c1)(C(=O)O)CC2. The normalized spacial score (nSPS) is 24.4. The molecular formula is C43H57ClN3O9P. The number of aryl methyl sites for hydroxylation is 1. The van der Waals surface area contributed by atoms with Gasteiger partial charge in [0.1, 0.15) is 22.6 Å². The first-order valence-electron chi connectivity index (χ1n) is 20.0. The van der Waals surface area contributed by atoms with Crippen LogP contribution >= 0.6 is 19.4 Å². The Morgan fingerprint density at radius 3 is 2.58 bits per heavy atom. The lowest BCUT2D eigenvalue weighted by atomic mass is 9.59. The summed E-state index contributed by atoms with van der Waals surface area (Å²) in [5.41, 5.74) is 2.80. The number of nitrogens with zero attached hydrogens (tertiary/aromatic N) is 2. The van der Waals surface area contributed by atoms with Gasteiger partial charge in [-0.15, -0.1) is 0 Å². The number of pyridine rings is 1. The maximum atomic E-state index is 13.2. The molecule has 1 saturated carbocycles. The lowest BCUT2D eigenvalue weighted by Gasteiger charge is -2.47. The minimum absolute atomic E-state index is 0.0108. The minimum Gasteiger partial charge on any atom is -0.493 e. The van der Waals surface area contributed by atoms with E-state index in [2.05, 4.69) is 24.1 Å². The van der Waals surface area contributed by atoms with Crippen LogP contribution in [0.5, 0.6) is 11.5 Å². The topological polar surface area (TPSA) is 157 Å². The van der Waals surface area contributed by atoms with E-state index in [1.165, 1.54) is 17.5 Å². The lowest BCUT2D eigenvalue weighted by Crippen LogP contribution is -2.53. The molecule has 1 aromatic heterocycles. The number of aliphatic carboxylic acids is 1. The maximum absolute atomic E-state index is 13.2. The molecule has 1 unspecified atom stereocenters. The number of aromatic nitrogens is 1. The first-order valence-corrected chi connectivity index (χ1v) is 21.9. The smallest absolute Gasteiger partial charge is 0.493 e. The van der Waals surface area contributed by atoms with E-state index in [1.54, 1.807) is 45.0 Å². The van der Waals surface area contributed by atoms with Crippen LogP contribution in [0.4, 0.5) is 10.5 Å². The number of likely N-dealkylation sites (N-methyl/N-ethyl adjacent to an activating group) is 1. The molecule has 3 aliphatic carbocycles. The number of amides is 1. The fraction of sp³-hybridized carbons (Fsp3) is 0.558. The summed E-state index contributed by atoms with van der Waals surface area (Å²) in [6, 6.07) is 14.5. The number of hydrogen-bond acceptors (Lipinski definition) is 9. The molecule has 4 atom stereocenters. The second-order valence-electron chi connectivity index (χ2n) is 17.3. The zero-order valence-electron chi connectivity index (χ0n) is 33.9. The number of phosphoric acid groups is 1. The second-order valence-corrected chi connectivity index (χ2v) is 19.1. The number of phosphoric ester groups is 1. The summed E-state index contributed by atoms with van der Waals surface area (Å²) in [5, 5.41) is 14.5. The van der Waals surface area contributed by atoms with Crippen LogP contribution in [0.1, 0.15) is 108 Å². The van der Waals surface area contributed by atoms with Crippen molar-refractivity contribution in [1.29, 1.82) is 0 Å². The average Bonchev–Trinajstić information content (AvgIpc) is 3.41. The lowest BCUT2D eigenvalue weighted by molar-refractivity contribution is -0.144. The highest BCUT2D eigenvalue weighted by atomic mass is 35.5. The van der Waals surface area contributed by atoms with Gasteiger partial charge in [0.05, 0.1) is 13.2 Å². The molecule has 1 heterocycles. The summed E-state index contributed by atoms with van der Waals surface area (Å²) in [5.74, 6) is 0.905. The highest BCUT2D eigenvalue weighted by Crippen LogP contribution is 2.57. The molecule has 6 rings (SSSR count). The third kappa shape index (κ3) is 10.1. The van der Waals surface area contributed by atoms with Crippen molar-refractivity contribution in [2.24, 2.45) is 11.8 Å². The number of halogens is 1. The summed E-state index contributed by atoms with van der Waals surface area (Å²) in [6.07, 6.45) is 7.94. The van der Waals surface area contributed by atoms with Gasteiger partial charge in [-0.3, -0.25) is 14.4 Å². The number of benzene rings is 2. The van der Waals surface area contributed by atoms with Crippen LogP contribution in [-0.2, 0) is 36.9 Å². The molecule has 1 fully saturated rings. The van der Waals surface area contributed by atoms with Crippen molar-refractivity contribution in [2.45, 2.75) is 115 Å². The van der Waals surface area contributed by atoms with Crippen LogP contribution in [0.25, 0.3) is 0 Å². The number of carbonyl (C=O) groups excluding carboxylic acids is 1.